The molecule has 0 spiro atoms. The van der Waals surface area contributed by atoms with Crippen molar-refractivity contribution < 1.29 is 9.90 Å². The average Bonchev–Trinajstić information content (AvgIpc) is 2.39. The maximum absolute atomic E-state index is 11.6. The summed E-state index contributed by atoms with van der Waals surface area (Å²) in [6.07, 6.45) is 1.30. The Morgan fingerprint density at radius 2 is 1.95 bits per heavy atom. The molecule has 1 fully saturated rings. The highest BCUT2D eigenvalue weighted by Gasteiger charge is 2.24. The van der Waals surface area contributed by atoms with Crippen molar-refractivity contribution in [2.75, 3.05) is 19.6 Å². The van der Waals surface area contributed by atoms with Crippen LogP contribution in [0.2, 0.25) is 5.02 Å². The third-order valence-corrected chi connectivity index (χ3v) is 3.87. The summed E-state index contributed by atoms with van der Waals surface area (Å²) in [5.41, 5.74) is 6.39. The Labute approximate surface area is 118 Å². The second kappa shape index (κ2) is 6.37. The number of primary amides is 1. The predicted molar refractivity (Wildman–Crippen MR) is 75.1 cm³/mol. The molecule has 1 atom stereocenters. The lowest BCUT2D eigenvalue weighted by Gasteiger charge is -2.31. The predicted octanol–water partition coefficient (Wildman–Crippen LogP) is 1.37. The second-order valence-corrected chi connectivity index (χ2v) is 5.47. The van der Waals surface area contributed by atoms with E-state index in [2.05, 4.69) is 4.90 Å². The van der Waals surface area contributed by atoms with Crippen LogP contribution in [0.3, 0.4) is 0 Å². The van der Waals surface area contributed by atoms with Crippen molar-refractivity contribution in [3.05, 3.63) is 34.9 Å². The van der Waals surface area contributed by atoms with Crippen molar-refractivity contribution in [2.45, 2.75) is 24.9 Å². The molecule has 1 heterocycles. The molecule has 1 aromatic carbocycles. The molecule has 0 aromatic heterocycles. The molecule has 1 aliphatic heterocycles. The minimum atomic E-state index is -0.326. The quantitative estimate of drug-likeness (QED) is 0.876. The number of hydrogen-bond acceptors (Lipinski definition) is 3. The Kier molecular flexibility index (Phi) is 4.80. The van der Waals surface area contributed by atoms with Gasteiger partial charge in [-0.3, -0.25) is 4.79 Å². The van der Waals surface area contributed by atoms with Crippen LogP contribution in [0.25, 0.3) is 0 Å². The lowest BCUT2D eigenvalue weighted by Crippen LogP contribution is -2.41. The van der Waals surface area contributed by atoms with Gasteiger partial charge < -0.3 is 15.7 Å². The first-order valence-electron chi connectivity index (χ1n) is 6.51. The Morgan fingerprint density at radius 1 is 1.37 bits per heavy atom. The Hall–Kier alpha value is -1.10. The van der Waals surface area contributed by atoms with E-state index in [1.807, 2.05) is 12.1 Å². The minimum absolute atomic E-state index is 0.209. The van der Waals surface area contributed by atoms with Gasteiger partial charge >= 0.3 is 0 Å². The van der Waals surface area contributed by atoms with E-state index in [0.29, 0.717) is 11.6 Å². The monoisotopic (exact) mass is 282 g/mol. The molecule has 0 aliphatic carbocycles. The van der Waals surface area contributed by atoms with E-state index in [1.165, 1.54) is 0 Å². The van der Waals surface area contributed by atoms with E-state index in [9.17, 15) is 9.90 Å². The number of nitrogens with two attached hydrogens (primary N) is 1. The summed E-state index contributed by atoms with van der Waals surface area (Å²) >= 11 is 5.85. The molecule has 1 aliphatic rings. The number of likely N-dealkylation sites (tertiary alicyclic amines) is 1. The summed E-state index contributed by atoms with van der Waals surface area (Å²) in [4.78, 5) is 13.8. The fourth-order valence-corrected chi connectivity index (χ4v) is 2.54. The Balaban J connectivity index is 2.04. The number of carbonyl (C=O) groups excluding carboxylic acids is 1. The number of nitrogens with zero attached hydrogens (tertiary/aromatic N) is 1. The molecule has 4 nitrogen and oxygen atoms in total. The number of aliphatic hydroxyl groups is 1. The molecule has 1 amide bonds. The first kappa shape index (κ1) is 14.3. The topological polar surface area (TPSA) is 66.6 Å². The van der Waals surface area contributed by atoms with E-state index in [0.717, 1.165) is 31.5 Å². The SMILES string of the molecule is NC(=O)[C@@H](CN1CCC(O)CC1)c1ccc(Cl)cc1. The normalized spacial score (nSPS) is 19.3. The fourth-order valence-electron chi connectivity index (χ4n) is 2.41. The number of amides is 1. The molecule has 1 saturated heterocycles. The van der Waals surface area contributed by atoms with Crippen LogP contribution in [0.1, 0.15) is 24.3 Å². The molecule has 19 heavy (non-hydrogen) atoms. The highest BCUT2D eigenvalue weighted by atomic mass is 35.5. The van der Waals surface area contributed by atoms with Gasteiger partial charge in [-0.2, -0.15) is 0 Å². The average molecular weight is 283 g/mol. The van der Waals surface area contributed by atoms with E-state index in [1.54, 1.807) is 12.1 Å². The highest BCUT2D eigenvalue weighted by Crippen LogP contribution is 2.21. The van der Waals surface area contributed by atoms with Crippen molar-refractivity contribution in [2.24, 2.45) is 5.73 Å². The largest absolute Gasteiger partial charge is 0.393 e. The van der Waals surface area contributed by atoms with Crippen molar-refractivity contribution in [3.63, 3.8) is 0 Å². The molecule has 0 bridgehead atoms. The van der Waals surface area contributed by atoms with Crippen LogP contribution in [0.4, 0.5) is 0 Å². The standard InChI is InChI=1S/C14H19ClN2O2/c15-11-3-1-10(2-4-11)13(14(16)19)9-17-7-5-12(18)6-8-17/h1-4,12-13,18H,5-9H2,(H2,16,19)/t13-/m0/s1. The van der Waals surface area contributed by atoms with Gasteiger partial charge in [0.2, 0.25) is 5.91 Å². The third kappa shape index (κ3) is 3.93. The molecule has 2 rings (SSSR count). The first-order chi connectivity index (χ1) is 9.06. The maximum Gasteiger partial charge on any atom is 0.226 e. The van der Waals surface area contributed by atoms with Crippen molar-refractivity contribution in [1.29, 1.82) is 0 Å². The Morgan fingerprint density at radius 3 is 2.47 bits per heavy atom. The van der Waals surface area contributed by atoms with E-state index in [4.69, 9.17) is 17.3 Å². The van der Waals surface area contributed by atoms with Crippen LogP contribution >= 0.6 is 11.6 Å². The maximum atomic E-state index is 11.6. The number of benzene rings is 1. The molecular weight excluding hydrogens is 264 g/mol. The number of hydrogen-bond donors (Lipinski definition) is 2. The van der Waals surface area contributed by atoms with Crippen molar-refractivity contribution in [3.8, 4) is 0 Å². The van der Waals surface area contributed by atoms with Crippen LogP contribution in [-0.2, 0) is 4.79 Å². The van der Waals surface area contributed by atoms with E-state index >= 15 is 0 Å². The lowest BCUT2D eigenvalue weighted by molar-refractivity contribution is -0.120. The van der Waals surface area contributed by atoms with Crippen LogP contribution < -0.4 is 5.73 Å². The summed E-state index contributed by atoms with van der Waals surface area (Å²) in [6.45, 7) is 2.21. The zero-order valence-corrected chi connectivity index (χ0v) is 11.5. The molecule has 0 unspecified atom stereocenters. The molecule has 0 radical (unpaired) electrons. The number of carbonyl (C=O) groups is 1. The Bertz CT molecular complexity index is 428. The molecule has 5 heteroatoms. The van der Waals surface area contributed by atoms with Crippen LogP contribution in [0, 0.1) is 0 Å². The van der Waals surface area contributed by atoms with E-state index < -0.39 is 0 Å². The van der Waals surface area contributed by atoms with Gasteiger partial charge in [0.05, 0.1) is 12.0 Å². The smallest absolute Gasteiger partial charge is 0.226 e. The number of aliphatic hydroxyl groups excluding tert-OH is 1. The van der Waals surface area contributed by atoms with Gasteiger partial charge in [-0.15, -0.1) is 0 Å². The van der Waals surface area contributed by atoms with Gasteiger partial charge in [-0.1, -0.05) is 23.7 Å². The van der Waals surface area contributed by atoms with Crippen LogP contribution in [-0.4, -0.2) is 41.7 Å². The highest BCUT2D eigenvalue weighted by molar-refractivity contribution is 6.30. The number of piperidine rings is 1. The minimum Gasteiger partial charge on any atom is -0.393 e. The van der Waals surface area contributed by atoms with Crippen LogP contribution in [0.5, 0.6) is 0 Å². The van der Waals surface area contributed by atoms with Gasteiger partial charge in [0, 0.05) is 24.7 Å². The molecular formula is C14H19ClN2O2. The van der Waals surface area contributed by atoms with Gasteiger partial charge in [-0.05, 0) is 30.5 Å². The summed E-state index contributed by atoms with van der Waals surface area (Å²) in [5.74, 6) is -0.652. The second-order valence-electron chi connectivity index (χ2n) is 5.04. The fraction of sp³-hybridized carbons (Fsp3) is 0.500. The van der Waals surface area contributed by atoms with Crippen LogP contribution in [0.15, 0.2) is 24.3 Å². The summed E-state index contributed by atoms with van der Waals surface area (Å²) < 4.78 is 0. The summed E-state index contributed by atoms with van der Waals surface area (Å²) in [5, 5.41) is 10.1. The first-order valence-corrected chi connectivity index (χ1v) is 6.89. The van der Waals surface area contributed by atoms with Crippen molar-refractivity contribution in [1.82, 2.24) is 4.90 Å². The van der Waals surface area contributed by atoms with Gasteiger partial charge in [0.25, 0.3) is 0 Å². The van der Waals surface area contributed by atoms with Gasteiger partial charge in [0.15, 0.2) is 0 Å². The lowest BCUT2D eigenvalue weighted by atomic mass is 9.96. The molecule has 0 saturated carbocycles. The van der Waals surface area contributed by atoms with Crippen molar-refractivity contribution >= 4 is 17.5 Å². The zero-order valence-electron chi connectivity index (χ0n) is 10.8. The third-order valence-electron chi connectivity index (χ3n) is 3.61. The molecule has 3 N–H and O–H groups in total. The summed E-state index contributed by atoms with van der Waals surface area (Å²) in [7, 11) is 0. The number of rotatable bonds is 4. The number of halogens is 1. The van der Waals surface area contributed by atoms with E-state index in [-0.39, 0.29) is 17.9 Å². The zero-order chi connectivity index (χ0) is 13.8. The molecule has 1 aromatic rings. The molecule has 104 valence electrons. The summed E-state index contributed by atoms with van der Waals surface area (Å²) in [6, 6.07) is 7.23. The van der Waals surface area contributed by atoms with Gasteiger partial charge in [0.1, 0.15) is 0 Å². The van der Waals surface area contributed by atoms with Gasteiger partial charge in [-0.25, -0.2) is 0 Å².